The van der Waals surface area contributed by atoms with Crippen molar-refractivity contribution in [3.8, 4) is 0 Å². The quantitative estimate of drug-likeness (QED) is 0.658. The summed E-state index contributed by atoms with van der Waals surface area (Å²) in [6.45, 7) is 4.15. The molecule has 2 heteroatoms. The van der Waals surface area contributed by atoms with Gasteiger partial charge in [0.2, 0.25) is 0 Å². The van der Waals surface area contributed by atoms with Crippen molar-refractivity contribution in [2.75, 3.05) is 0 Å². The molecule has 0 radical (unpaired) electrons. The highest BCUT2D eigenvalue weighted by atomic mass is 16.1. The fourth-order valence-electron chi connectivity index (χ4n) is 1.35. The maximum absolute atomic E-state index is 10.5. The summed E-state index contributed by atoms with van der Waals surface area (Å²) < 4.78 is 0. The average molecular weight is 151 g/mol. The second-order valence-electron chi connectivity index (χ2n) is 2.53. The Kier molecular flexibility index (Phi) is 2.47. The van der Waals surface area contributed by atoms with Crippen molar-refractivity contribution >= 4 is 6.29 Å². The lowest BCUT2D eigenvalue weighted by Gasteiger charge is -1.96. The summed E-state index contributed by atoms with van der Waals surface area (Å²) in [6.07, 6.45) is 4.59. The minimum absolute atomic E-state index is 0.810. The molecule has 1 aromatic heterocycles. The lowest BCUT2D eigenvalue weighted by atomic mass is 10.1. The molecule has 0 amide bonds. The molecule has 60 valence electrons. The molecule has 0 bridgehead atoms. The Morgan fingerprint density at radius 2 is 2.18 bits per heavy atom. The van der Waals surface area contributed by atoms with E-state index >= 15 is 0 Å². The smallest absolute Gasteiger partial charge is 0.151 e. The van der Waals surface area contributed by atoms with Crippen molar-refractivity contribution in [2.24, 2.45) is 0 Å². The maximum Gasteiger partial charge on any atom is 0.151 e. The molecule has 0 saturated heterocycles. The Morgan fingerprint density at radius 1 is 1.45 bits per heavy atom. The van der Waals surface area contributed by atoms with E-state index in [1.54, 1.807) is 6.20 Å². The molecule has 2 nitrogen and oxygen atoms in total. The molecule has 0 atom stereocenters. The summed E-state index contributed by atoms with van der Waals surface area (Å²) >= 11 is 0. The highest BCUT2D eigenvalue weighted by Gasteiger charge is 2.05. The van der Waals surface area contributed by atoms with Gasteiger partial charge in [-0.1, -0.05) is 13.8 Å². The largest absolute Gasteiger partial charge is 0.364 e. The lowest BCUT2D eigenvalue weighted by molar-refractivity contribution is 0.112. The molecule has 0 aliphatic heterocycles. The Labute approximate surface area is 66.6 Å². The predicted molar refractivity (Wildman–Crippen MR) is 44.9 cm³/mol. The van der Waals surface area contributed by atoms with Crippen molar-refractivity contribution < 1.29 is 4.79 Å². The van der Waals surface area contributed by atoms with Gasteiger partial charge < -0.3 is 4.98 Å². The van der Waals surface area contributed by atoms with Crippen molar-refractivity contribution in [1.29, 1.82) is 0 Å². The Balaban J connectivity index is 3.08. The van der Waals surface area contributed by atoms with Crippen LogP contribution >= 0.6 is 0 Å². The molecular formula is C9H13NO. The third kappa shape index (κ3) is 1.34. The maximum atomic E-state index is 10.5. The van der Waals surface area contributed by atoms with Crippen molar-refractivity contribution in [3.63, 3.8) is 0 Å². The molecule has 1 N–H and O–H groups in total. The molecule has 1 rings (SSSR count). The summed E-state index contributed by atoms with van der Waals surface area (Å²) in [4.78, 5) is 13.6. The number of aryl methyl sites for hydroxylation is 1. The van der Waals surface area contributed by atoms with E-state index in [1.807, 2.05) is 0 Å². The first kappa shape index (κ1) is 8.05. The van der Waals surface area contributed by atoms with Gasteiger partial charge in [0, 0.05) is 17.5 Å². The molecule has 1 heterocycles. The summed E-state index contributed by atoms with van der Waals surface area (Å²) in [5.41, 5.74) is 3.17. The van der Waals surface area contributed by atoms with E-state index < -0.39 is 0 Å². The second kappa shape index (κ2) is 3.37. The molecule has 0 aromatic carbocycles. The van der Waals surface area contributed by atoms with Crippen LogP contribution in [0.15, 0.2) is 6.20 Å². The van der Waals surface area contributed by atoms with Crippen LogP contribution in [-0.2, 0) is 12.8 Å². The zero-order valence-electron chi connectivity index (χ0n) is 6.98. The minimum atomic E-state index is 0.810. The van der Waals surface area contributed by atoms with Gasteiger partial charge >= 0.3 is 0 Å². The van der Waals surface area contributed by atoms with Crippen molar-refractivity contribution in [1.82, 2.24) is 4.98 Å². The summed E-state index contributed by atoms with van der Waals surface area (Å²) in [7, 11) is 0. The number of carbonyl (C=O) groups is 1. The Hall–Kier alpha value is -1.05. The normalized spacial score (nSPS) is 10.0. The second-order valence-corrected chi connectivity index (χ2v) is 2.53. The zero-order valence-corrected chi connectivity index (χ0v) is 6.98. The molecule has 0 fully saturated rings. The van der Waals surface area contributed by atoms with Crippen LogP contribution in [-0.4, -0.2) is 11.3 Å². The predicted octanol–water partition coefficient (Wildman–Crippen LogP) is 1.95. The van der Waals surface area contributed by atoms with E-state index in [9.17, 15) is 4.79 Å². The molecular weight excluding hydrogens is 138 g/mol. The number of hydrogen-bond acceptors (Lipinski definition) is 1. The van der Waals surface area contributed by atoms with Gasteiger partial charge in [0.05, 0.1) is 0 Å². The van der Waals surface area contributed by atoms with Gasteiger partial charge in [0.25, 0.3) is 0 Å². The van der Waals surface area contributed by atoms with Crippen molar-refractivity contribution in [3.05, 3.63) is 23.0 Å². The first-order valence-electron chi connectivity index (χ1n) is 3.97. The molecule has 0 unspecified atom stereocenters. The SMILES string of the molecule is CCc1[nH]cc(C=O)c1CC. The number of rotatable bonds is 3. The lowest BCUT2D eigenvalue weighted by Crippen LogP contribution is -1.89. The highest BCUT2D eigenvalue weighted by Crippen LogP contribution is 2.13. The molecule has 11 heavy (non-hydrogen) atoms. The number of aromatic nitrogens is 1. The van der Waals surface area contributed by atoms with Crippen LogP contribution in [0.1, 0.15) is 35.5 Å². The van der Waals surface area contributed by atoms with Crippen LogP contribution in [0.2, 0.25) is 0 Å². The molecule has 1 aromatic rings. The van der Waals surface area contributed by atoms with Crippen LogP contribution in [0.4, 0.5) is 0 Å². The van der Waals surface area contributed by atoms with Crippen LogP contribution < -0.4 is 0 Å². The standard InChI is InChI=1S/C9H13NO/c1-3-8-7(6-11)5-10-9(8)4-2/h5-6,10H,3-4H2,1-2H3. The van der Waals surface area contributed by atoms with Crippen LogP contribution in [0.25, 0.3) is 0 Å². The molecule has 0 saturated carbocycles. The monoisotopic (exact) mass is 151 g/mol. The number of hydrogen-bond donors (Lipinski definition) is 1. The van der Waals surface area contributed by atoms with Crippen LogP contribution in [0.3, 0.4) is 0 Å². The zero-order chi connectivity index (χ0) is 8.27. The topological polar surface area (TPSA) is 32.9 Å². The fourth-order valence-corrected chi connectivity index (χ4v) is 1.35. The number of carbonyl (C=O) groups excluding carboxylic acids is 1. The number of H-pyrrole nitrogens is 1. The van der Waals surface area contributed by atoms with Crippen molar-refractivity contribution in [2.45, 2.75) is 26.7 Å². The first-order valence-corrected chi connectivity index (χ1v) is 3.97. The van der Waals surface area contributed by atoms with Gasteiger partial charge in [0.1, 0.15) is 0 Å². The number of aldehydes is 1. The van der Waals surface area contributed by atoms with Crippen LogP contribution in [0, 0.1) is 0 Å². The summed E-state index contributed by atoms with van der Waals surface area (Å²) in [5, 5.41) is 0. The Bertz CT molecular complexity index is 250. The molecule has 0 aliphatic carbocycles. The van der Waals surface area contributed by atoms with Gasteiger partial charge in [0.15, 0.2) is 6.29 Å². The van der Waals surface area contributed by atoms with Gasteiger partial charge in [-0.05, 0) is 18.4 Å². The summed E-state index contributed by atoms with van der Waals surface area (Å²) in [5.74, 6) is 0. The van der Waals surface area contributed by atoms with Gasteiger partial charge in [-0.3, -0.25) is 4.79 Å². The third-order valence-electron chi connectivity index (χ3n) is 1.95. The third-order valence-corrected chi connectivity index (χ3v) is 1.95. The van der Waals surface area contributed by atoms with E-state index in [-0.39, 0.29) is 0 Å². The highest BCUT2D eigenvalue weighted by molar-refractivity contribution is 5.77. The number of nitrogens with one attached hydrogen (secondary N) is 1. The number of aromatic amines is 1. The van der Waals surface area contributed by atoms with E-state index in [0.717, 1.165) is 24.7 Å². The first-order chi connectivity index (χ1) is 5.33. The molecule has 0 spiro atoms. The van der Waals surface area contributed by atoms with Gasteiger partial charge in [-0.15, -0.1) is 0 Å². The minimum Gasteiger partial charge on any atom is -0.364 e. The van der Waals surface area contributed by atoms with E-state index in [1.165, 1.54) is 11.3 Å². The summed E-state index contributed by atoms with van der Waals surface area (Å²) in [6, 6.07) is 0. The van der Waals surface area contributed by atoms with Crippen LogP contribution in [0.5, 0.6) is 0 Å². The van der Waals surface area contributed by atoms with E-state index in [4.69, 9.17) is 0 Å². The van der Waals surface area contributed by atoms with Gasteiger partial charge in [-0.25, -0.2) is 0 Å². The van der Waals surface area contributed by atoms with Gasteiger partial charge in [-0.2, -0.15) is 0 Å². The van der Waals surface area contributed by atoms with E-state index in [2.05, 4.69) is 18.8 Å². The molecule has 0 aliphatic rings. The average Bonchev–Trinajstić information content (AvgIpc) is 2.45. The van der Waals surface area contributed by atoms with E-state index in [0.29, 0.717) is 0 Å². The fraction of sp³-hybridized carbons (Fsp3) is 0.444. The Morgan fingerprint density at radius 3 is 2.64 bits per heavy atom.